The molecule has 2 aromatic rings. The molecule has 1 atom stereocenters. The number of para-hydroxylation sites is 1. The number of rotatable bonds is 8. The van der Waals surface area contributed by atoms with E-state index in [9.17, 15) is 13.2 Å². The number of hydrogen-bond acceptors (Lipinski definition) is 4. The summed E-state index contributed by atoms with van der Waals surface area (Å²) in [6.45, 7) is 7.02. The third-order valence-electron chi connectivity index (χ3n) is 5.66. The Balaban J connectivity index is 1.45. The van der Waals surface area contributed by atoms with Gasteiger partial charge in [0.1, 0.15) is 12.4 Å². The fraction of sp³-hybridized carbons (Fsp3) is 0.458. The summed E-state index contributed by atoms with van der Waals surface area (Å²) in [6, 6.07) is 15.2. The number of nitrogens with zero attached hydrogens (tertiary/aromatic N) is 1. The molecule has 1 heterocycles. The number of hydrogen-bond donors (Lipinski definition) is 1. The van der Waals surface area contributed by atoms with Gasteiger partial charge in [-0.2, -0.15) is 0 Å². The van der Waals surface area contributed by atoms with Crippen LogP contribution in [0.1, 0.15) is 36.5 Å². The SMILES string of the molecule is Cc1ccc(CS(=O)(=O)N2CCC(C(=O)NC(C)COc3ccccc3C)CC2)cc1. The Hall–Kier alpha value is -2.38. The molecule has 7 heteroatoms. The highest BCUT2D eigenvalue weighted by Gasteiger charge is 2.31. The zero-order valence-corrected chi connectivity index (χ0v) is 19.3. The summed E-state index contributed by atoms with van der Waals surface area (Å²) in [5.74, 6) is 0.608. The van der Waals surface area contributed by atoms with Crippen LogP contribution in [-0.2, 0) is 20.6 Å². The molecular weight excluding hydrogens is 412 g/mol. The lowest BCUT2D eigenvalue weighted by Crippen LogP contribution is -2.46. The van der Waals surface area contributed by atoms with E-state index in [4.69, 9.17) is 4.74 Å². The van der Waals surface area contributed by atoms with Gasteiger partial charge in [0, 0.05) is 19.0 Å². The van der Waals surface area contributed by atoms with E-state index >= 15 is 0 Å². The van der Waals surface area contributed by atoms with Crippen molar-refractivity contribution in [2.45, 2.75) is 45.4 Å². The predicted molar refractivity (Wildman–Crippen MR) is 122 cm³/mol. The first kappa shape index (κ1) is 23.3. The number of amides is 1. The van der Waals surface area contributed by atoms with Crippen LogP contribution in [0.3, 0.4) is 0 Å². The van der Waals surface area contributed by atoms with Gasteiger partial charge in [0.15, 0.2) is 0 Å². The van der Waals surface area contributed by atoms with Crippen LogP contribution in [0.4, 0.5) is 0 Å². The van der Waals surface area contributed by atoms with E-state index in [0.717, 1.165) is 22.4 Å². The minimum absolute atomic E-state index is 0.00256. The number of ether oxygens (including phenoxy) is 1. The Morgan fingerprint density at radius 1 is 1.10 bits per heavy atom. The van der Waals surface area contributed by atoms with Crippen molar-refractivity contribution in [1.82, 2.24) is 9.62 Å². The van der Waals surface area contributed by atoms with Crippen LogP contribution in [0.5, 0.6) is 5.75 Å². The molecule has 0 spiro atoms. The van der Waals surface area contributed by atoms with E-state index in [1.54, 1.807) is 0 Å². The second kappa shape index (κ2) is 10.3. The highest BCUT2D eigenvalue weighted by atomic mass is 32.2. The number of benzene rings is 2. The molecule has 3 rings (SSSR count). The minimum Gasteiger partial charge on any atom is -0.491 e. The summed E-state index contributed by atoms with van der Waals surface area (Å²) in [4.78, 5) is 12.6. The van der Waals surface area contributed by atoms with Gasteiger partial charge in [0.25, 0.3) is 0 Å². The van der Waals surface area contributed by atoms with Crippen molar-refractivity contribution in [3.05, 3.63) is 65.2 Å². The van der Waals surface area contributed by atoms with Crippen LogP contribution in [0.2, 0.25) is 0 Å². The summed E-state index contributed by atoms with van der Waals surface area (Å²) in [5.41, 5.74) is 2.94. The predicted octanol–water partition coefficient (Wildman–Crippen LogP) is 3.43. The van der Waals surface area contributed by atoms with E-state index < -0.39 is 10.0 Å². The number of aryl methyl sites for hydroxylation is 2. The Labute approximate surface area is 185 Å². The van der Waals surface area contributed by atoms with Crippen molar-refractivity contribution in [3.8, 4) is 5.75 Å². The quantitative estimate of drug-likeness (QED) is 0.677. The monoisotopic (exact) mass is 444 g/mol. The van der Waals surface area contributed by atoms with E-state index in [-0.39, 0.29) is 23.6 Å². The van der Waals surface area contributed by atoms with E-state index in [1.165, 1.54) is 4.31 Å². The van der Waals surface area contributed by atoms with Gasteiger partial charge in [-0.05, 0) is 50.8 Å². The maximum Gasteiger partial charge on any atom is 0.223 e. The molecule has 31 heavy (non-hydrogen) atoms. The van der Waals surface area contributed by atoms with Crippen molar-refractivity contribution < 1.29 is 17.9 Å². The second-order valence-corrected chi connectivity index (χ2v) is 10.4. The fourth-order valence-corrected chi connectivity index (χ4v) is 5.28. The van der Waals surface area contributed by atoms with Gasteiger partial charge in [-0.15, -0.1) is 0 Å². The molecule has 0 bridgehead atoms. The smallest absolute Gasteiger partial charge is 0.223 e. The largest absolute Gasteiger partial charge is 0.491 e. The summed E-state index contributed by atoms with van der Waals surface area (Å²) in [7, 11) is -3.38. The van der Waals surface area contributed by atoms with E-state index in [0.29, 0.717) is 32.5 Å². The summed E-state index contributed by atoms with van der Waals surface area (Å²) < 4.78 is 32.8. The summed E-state index contributed by atoms with van der Waals surface area (Å²) in [5, 5.41) is 3.01. The number of carbonyl (C=O) groups excluding carboxylic acids is 1. The third-order valence-corrected chi connectivity index (χ3v) is 7.51. The lowest BCUT2D eigenvalue weighted by atomic mass is 9.97. The molecule has 2 aromatic carbocycles. The maximum atomic E-state index is 12.8. The molecule has 168 valence electrons. The molecular formula is C24H32N2O4S. The second-order valence-electron chi connectivity index (χ2n) is 8.40. The molecule has 0 saturated carbocycles. The highest BCUT2D eigenvalue weighted by Crippen LogP contribution is 2.22. The number of nitrogens with one attached hydrogen (secondary N) is 1. The molecule has 1 fully saturated rings. The molecule has 1 aliphatic heterocycles. The molecule has 1 amide bonds. The van der Waals surface area contributed by atoms with E-state index in [2.05, 4.69) is 5.32 Å². The zero-order valence-electron chi connectivity index (χ0n) is 18.5. The standard InChI is InChI=1S/C24H32N2O4S/c1-18-8-10-21(11-9-18)17-31(28,29)26-14-12-22(13-15-26)24(27)25-20(3)16-30-23-7-5-4-6-19(23)2/h4-11,20,22H,12-17H2,1-3H3,(H,25,27). The van der Waals surface area contributed by atoms with Crippen molar-refractivity contribution in [3.63, 3.8) is 0 Å². The Morgan fingerprint density at radius 3 is 2.39 bits per heavy atom. The number of piperidine rings is 1. The average molecular weight is 445 g/mol. The van der Waals surface area contributed by atoms with E-state index in [1.807, 2.05) is 69.3 Å². The molecule has 0 aliphatic carbocycles. The maximum absolute atomic E-state index is 12.8. The molecule has 0 radical (unpaired) electrons. The Kier molecular flexibility index (Phi) is 7.73. The molecule has 1 N–H and O–H groups in total. The van der Waals surface area contributed by atoms with Gasteiger partial charge in [0.2, 0.25) is 15.9 Å². The van der Waals surface area contributed by atoms with Gasteiger partial charge in [-0.3, -0.25) is 4.79 Å². The number of sulfonamides is 1. The normalized spacial score (nSPS) is 16.6. The van der Waals surface area contributed by atoms with Crippen LogP contribution in [0.15, 0.2) is 48.5 Å². The first-order valence-corrected chi connectivity index (χ1v) is 12.4. The number of carbonyl (C=O) groups is 1. The molecule has 1 unspecified atom stereocenters. The topological polar surface area (TPSA) is 75.7 Å². The van der Waals surface area contributed by atoms with Gasteiger partial charge in [-0.25, -0.2) is 12.7 Å². The van der Waals surface area contributed by atoms with Gasteiger partial charge >= 0.3 is 0 Å². The molecule has 1 saturated heterocycles. The summed E-state index contributed by atoms with van der Waals surface area (Å²) in [6.07, 6.45) is 1.06. The van der Waals surface area contributed by atoms with Gasteiger partial charge in [0.05, 0.1) is 11.8 Å². The molecule has 0 aromatic heterocycles. The van der Waals surface area contributed by atoms with Crippen molar-refractivity contribution in [2.75, 3.05) is 19.7 Å². The third kappa shape index (κ3) is 6.55. The molecule has 6 nitrogen and oxygen atoms in total. The van der Waals surface area contributed by atoms with Crippen molar-refractivity contribution >= 4 is 15.9 Å². The van der Waals surface area contributed by atoms with Gasteiger partial charge < -0.3 is 10.1 Å². The first-order valence-electron chi connectivity index (χ1n) is 10.8. The molecule has 1 aliphatic rings. The highest BCUT2D eigenvalue weighted by molar-refractivity contribution is 7.88. The zero-order chi connectivity index (χ0) is 22.4. The Bertz CT molecular complexity index is 981. The van der Waals surface area contributed by atoms with Crippen LogP contribution in [0.25, 0.3) is 0 Å². The Morgan fingerprint density at radius 2 is 1.74 bits per heavy atom. The minimum atomic E-state index is -3.38. The fourth-order valence-electron chi connectivity index (χ4n) is 3.72. The lowest BCUT2D eigenvalue weighted by Gasteiger charge is -2.31. The van der Waals surface area contributed by atoms with Crippen LogP contribution in [-0.4, -0.2) is 44.4 Å². The van der Waals surface area contributed by atoms with Crippen LogP contribution in [0, 0.1) is 19.8 Å². The van der Waals surface area contributed by atoms with Crippen molar-refractivity contribution in [1.29, 1.82) is 0 Å². The van der Waals surface area contributed by atoms with Crippen LogP contribution >= 0.6 is 0 Å². The lowest BCUT2D eigenvalue weighted by molar-refractivity contribution is -0.126. The first-order chi connectivity index (χ1) is 14.7. The van der Waals surface area contributed by atoms with Crippen LogP contribution < -0.4 is 10.1 Å². The summed E-state index contributed by atoms with van der Waals surface area (Å²) >= 11 is 0. The van der Waals surface area contributed by atoms with Gasteiger partial charge in [-0.1, -0.05) is 48.0 Å². The average Bonchev–Trinajstić information content (AvgIpc) is 2.75. The van der Waals surface area contributed by atoms with Crippen molar-refractivity contribution in [2.24, 2.45) is 5.92 Å².